The third-order valence-electron chi connectivity index (χ3n) is 8.80. The number of alkyl halides is 3. The second-order valence-corrected chi connectivity index (χ2v) is 11.1. The lowest BCUT2D eigenvalue weighted by atomic mass is 9.57. The maximum Gasteiger partial charge on any atom is 0.416 e. The predicted octanol–water partition coefficient (Wildman–Crippen LogP) is 4.02. The first-order valence-corrected chi connectivity index (χ1v) is 13.2. The molecule has 38 heavy (non-hydrogen) atoms. The number of nitrogens with one attached hydrogen (secondary N) is 1. The molecule has 3 aliphatic heterocycles. The summed E-state index contributed by atoms with van der Waals surface area (Å²) >= 11 is 0. The Balaban J connectivity index is 1.16. The van der Waals surface area contributed by atoms with E-state index in [1.807, 2.05) is 12.1 Å². The summed E-state index contributed by atoms with van der Waals surface area (Å²) in [5.41, 5.74) is 2.47. The number of hydrogen-bond acceptors (Lipinski definition) is 5. The first kappa shape index (κ1) is 25.0. The number of benzene rings is 1. The zero-order valence-electron chi connectivity index (χ0n) is 20.9. The topological polar surface area (TPSA) is 82.6 Å². The number of likely N-dealkylation sites (tertiary alicyclic amines) is 1. The molecule has 6 rings (SSSR count). The van der Waals surface area contributed by atoms with Gasteiger partial charge in [-0.1, -0.05) is 18.6 Å². The summed E-state index contributed by atoms with van der Waals surface area (Å²) in [5.74, 6) is -0.730. The Morgan fingerprint density at radius 3 is 2.45 bits per heavy atom. The minimum atomic E-state index is -4.33. The fraction of sp³-hybridized carbons (Fsp3) is 0.500. The van der Waals surface area contributed by atoms with Gasteiger partial charge in [-0.05, 0) is 67.5 Å². The second-order valence-electron chi connectivity index (χ2n) is 11.1. The Bertz CT molecular complexity index is 1290. The Hall–Kier alpha value is -3.27. The first-order chi connectivity index (χ1) is 18.1. The number of imide groups is 1. The predicted molar refractivity (Wildman–Crippen MR) is 131 cm³/mol. The normalized spacial score (nSPS) is 25.3. The highest BCUT2D eigenvalue weighted by Crippen LogP contribution is 2.55. The molecular weight excluding hydrogens is 497 g/mol. The van der Waals surface area contributed by atoms with Crippen LogP contribution in [-0.4, -0.2) is 51.6 Å². The van der Waals surface area contributed by atoms with E-state index in [9.17, 15) is 27.6 Å². The van der Waals surface area contributed by atoms with Crippen LogP contribution >= 0.6 is 0 Å². The summed E-state index contributed by atoms with van der Waals surface area (Å²) in [5, 5.41) is 2.33. The van der Waals surface area contributed by atoms with Crippen molar-refractivity contribution in [3.05, 3.63) is 64.5 Å². The Morgan fingerprint density at radius 2 is 1.79 bits per heavy atom. The number of hydrogen-bond donors (Lipinski definition) is 1. The van der Waals surface area contributed by atoms with Crippen molar-refractivity contribution < 1.29 is 27.6 Å². The first-order valence-electron chi connectivity index (χ1n) is 13.2. The number of fused-ring (bicyclic) bond motifs is 1. The quantitative estimate of drug-likeness (QED) is 0.609. The summed E-state index contributed by atoms with van der Waals surface area (Å²) in [6.45, 7) is 2.54. The van der Waals surface area contributed by atoms with Gasteiger partial charge in [0.15, 0.2) is 0 Å². The zero-order valence-corrected chi connectivity index (χ0v) is 20.9. The molecule has 0 bridgehead atoms. The van der Waals surface area contributed by atoms with E-state index in [2.05, 4.69) is 10.2 Å². The van der Waals surface area contributed by atoms with Gasteiger partial charge >= 0.3 is 6.18 Å². The fourth-order valence-corrected chi connectivity index (χ4v) is 6.69. The van der Waals surface area contributed by atoms with E-state index in [1.54, 1.807) is 12.1 Å². The number of piperidine rings is 2. The lowest BCUT2D eigenvalue weighted by molar-refractivity contribution is -0.138. The van der Waals surface area contributed by atoms with E-state index in [-0.39, 0.29) is 36.1 Å². The number of pyridine rings is 1. The van der Waals surface area contributed by atoms with Crippen molar-refractivity contribution in [1.82, 2.24) is 20.1 Å². The van der Waals surface area contributed by atoms with Crippen molar-refractivity contribution >= 4 is 17.7 Å². The van der Waals surface area contributed by atoms with Crippen LogP contribution in [0, 0.1) is 5.41 Å². The molecule has 1 aromatic carbocycles. The maximum atomic E-state index is 13.0. The fourth-order valence-electron chi connectivity index (χ4n) is 6.69. The van der Waals surface area contributed by atoms with Crippen LogP contribution in [-0.2, 0) is 28.9 Å². The average Bonchev–Trinajstić information content (AvgIpc) is 3.18. The summed E-state index contributed by atoms with van der Waals surface area (Å²) < 4.78 is 38.8. The van der Waals surface area contributed by atoms with E-state index in [4.69, 9.17) is 4.98 Å². The van der Waals surface area contributed by atoms with Crippen LogP contribution in [0.3, 0.4) is 0 Å². The molecule has 0 radical (unpaired) electrons. The number of halogens is 3. The Labute approximate surface area is 218 Å². The zero-order chi connectivity index (χ0) is 26.7. The molecule has 1 spiro atoms. The summed E-state index contributed by atoms with van der Waals surface area (Å²) in [7, 11) is 0. The van der Waals surface area contributed by atoms with E-state index in [1.165, 1.54) is 4.90 Å². The number of carbonyl (C=O) groups excluding carboxylic acids is 3. The highest BCUT2D eigenvalue weighted by molar-refractivity contribution is 6.05. The number of carbonyl (C=O) groups is 3. The molecule has 3 fully saturated rings. The number of amides is 3. The van der Waals surface area contributed by atoms with Gasteiger partial charge in [-0.3, -0.25) is 29.6 Å². The van der Waals surface area contributed by atoms with Crippen molar-refractivity contribution in [1.29, 1.82) is 0 Å². The minimum absolute atomic E-state index is 0.0668. The van der Waals surface area contributed by atoms with Gasteiger partial charge in [0.25, 0.3) is 5.91 Å². The smallest absolute Gasteiger partial charge is 0.321 e. The van der Waals surface area contributed by atoms with Crippen molar-refractivity contribution in [3.63, 3.8) is 0 Å². The number of rotatable bonds is 4. The highest BCUT2D eigenvalue weighted by Gasteiger charge is 2.49. The molecule has 4 aliphatic rings. The molecular formula is C28H29F3N4O3. The van der Waals surface area contributed by atoms with Crippen molar-refractivity contribution in [3.8, 4) is 0 Å². The molecule has 2 atom stereocenters. The molecule has 1 saturated carbocycles. The van der Waals surface area contributed by atoms with Gasteiger partial charge in [-0.15, -0.1) is 0 Å². The summed E-state index contributed by atoms with van der Waals surface area (Å²) in [6.07, 6.45) is 0.358. The minimum Gasteiger partial charge on any atom is -0.321 e. The van der Waals surface area contributed by atoms with Gasteiger partial charge in [-0.2, -0.15) is 13.2 Å². The molecule has 3 amide bonds. The van der Waals surface area contributed by atoms with E-state index < -0.39 is 23.7 Å². The lowest BCUT2D eigenvalue weighted by Crippen LogP contribution is -2.52. The lowest BCUT2D eigenvalue weighted by Gasteiger charge is -2.54. The van der Waals surface area contributed by atoms with Crippen molar-refractivity contribution in [2.45, 2.75) is 69.8 Å². The SMILES string of the molecule is O=C1CCC(N2Cc3nc(C4CCN(Cc5ccc(C(F)(F)F)cc5)CC45CCC5)ccc3C2=O)C(=O)N1. The Kier molecular flexibility index (Phi) is 6.05. The van der Waals surface area contributed by atoms with Gasteiger partial charge in [0.1, 0.15) is 6.04 Å². The van der Waals surface area contributed by atoms with Gasteiger partial charge in [0, 0.05) is 31.1 Å². The molecule has 2 unspecified atom stereocenters. The largest absolute Gasteiger partial charge is 0.416 e. The molecule has 200 valence electrons. The van der Waals surface area contributed by atoms with Crippen molar-refractivity contribution in [2.75, 3.05) is 13.1 Å². The molecule has 4 heterocycles. The molecule has 1 aromatic heterocycles. The molecule has 1 aliphatic carbocycles. The average molecular weight is 527 g/mol. The van der Waals surface area contributed by atoms with E-state index >= 15 is 0 Å². The van der Waals surface area contributed by atoms with Crippen molar-refractivity contribution in [2.24, 2.45) is 5.41 Å². The molecule has 2 aromatic rings. The number of nitrogens with zero attached hydrogens (tertiary/aromatic N) is 3. The van der Waals surface area contributed by atoms with E-state index in [0.717, 1.165) is 62.2 Å². The van der Waals surface area contributed by atoms with Gasteiger partial charge in [-0.25, -0.2) is 0 Å². The molecule has 2 saturated heterocycles. The summed E-state index contributed by atoms with van der Waals surface area (Å²) in [6, 6.07) is 8.53. The monoisotopic (exact) mass is 526 g/mol. The standard InChI is InChI=1S/C28H29F3N4O3/c29-28(30,31)18-4-2-17(3-5-18)14-34-13-10-20(27(16-34)11-1-12-27)21-7-6-19-22(32-21)15-35(26(19)38)23-8-9-24(36)33-25(23)37/h2-7,20,23H,1,8-16H2,(H,33,36,37). The van der Waals surface area contributed by atoms with Crippen LogP contribution in [0.15, 0.2) is 36.4 Å². The van der Waals surface area contributed by atoms with Crippen LogP contribution in [0.25, 0.3) is 0 Å². The third-order valence-corrected chi connectivity index (χ3v) is 8.80. The Morgan fingerprint density at radius 1 is 1.03 bits per heavy atom. The van der Waals surface area contributed by atoms with Crippen LogP contribution in [0.1, 0.15) is 77.3 Å². The highest BCUT2D eigenvalue weighted by atomic mass is 19.4. The van der Waals surface area contributed by atoms with Crippen LogP contribution in [0.5, 0.6) is 0 Å². The van der Waals surface area contributed by atoms with Crippen LogP contribution in [0.4, 0.5) is 13.2 Å². The third kappa shape index (κ3) is 4.38. The van der Waals surface area contributed by atoms with E-state index in [0.29, 0.717) is 24.2 Å². The van der Waals surface area contributed by atoms with Gasteiger partial charge < -0.3 is 4.90 Å². The maximum absolute atomic E-state index is 13.0. The van der Waals surface area contributed by atoms with Crippen LogP contribution in [0.2, 0.25) is 0 Å². The molecule has 7 nitrogen and oxygen atoms in total. The van der Waals surface area contributed by atoms with Crippen LogP contribution < -0.4 is 5.32 Å². The van der Waals surface area contributed by atoms with Gasteiger partial charge in [0.05, 0.1) is 23.4 Å². The molecule has 10 heteroatoms. The molecule has 1 N–H and O–H groups in total. The second kappa shape index (κ2) is 9.18. The number of aromatic nitrogens is 1. The summed E-state index contributed by atoms with van der Waals surface area (Å²) in [4.78, 5) is 45.7. The van der Waals surface area contributed by atoms with Gasteiger partial charge in [0.2, 0.25) is 11.8 Å².